The van der Waals surface area contributed by atoms with E-state index in [1.807, 2.05) is 6.08 Å². The number of carbonyl (C=O) groups excluding carboxylic acids is 1. The van der Waals surface area contributed by atoms with Gasteiger partial charge in [0.05, 0.1) is 18.8 Å². The van der Waals surface area contributed by atoms with Crippen molar-refractivity contribution < 1.29 is 15.0 Å². The lowest BCUT2D eigenvalue weighted by Gasteiger charge is -2.20. The summed E-state index contributed by atoms with van der Waals surface area (Å²) >= 11 is 0. The monoisotopic (exact) mass is 780 g/mol. The predicted octanol–water partition coefficient (Wildman–Crippen LogP) is 15.5. The largest absolute Gasteiger partial charge is 0.394 e. The number of amides is 1. The van der Waals surface area contributed by atoms with Gasteiger partial charge in [0.2, 0.25) is 5.91 Å². The van der Waals surface area contributed by atoms with Gasteiger partial charge in [0, 0.05) is 6.42 Å². The van der Waals surface area contributed by atoms with Crippen LogP contribution in [0.1, 0.15) is 232 Å². The number of rotatable bonds is 43. The molecule has 0 spiro atoms. The molecule has 0 fully saturated rings. The normalized spacial score (nSPS) is 13.6. The van der Waals surface area contributed by atoms with Gasteiger partial charge in [-0.15, -0.1) is 0 Å². The van der Waals surface area contributed by atoms with Crippen LogP contribution in [0.25, 0.3) is 0 Å². The van der Waals surface area contributed by atoms with E-state index in [2.05, 4.69) is 79.9 Å². The molecule has 4 heteroatoms. The van der Waals surface area contributed by atoms with Crippen molar-refractivity contribution in [3.8, 4) is 0 Å². The van der Waals surface area contributed by atoms with Crippen LogP contribution in [0, 0.1) is 0 Å². The fourth-order valence-corrected chi connectivity index (χ4v) is 7.03. The third kappa shape index (κ3) is 43.0. The average Bonchev–Trinajstić information content (AvgIpc) is 3.20. The first-order chi connectivity index (χ1) is 27.7. The van der Waals surface area contributed by atoms with Crippen molar-refractivity contribution in [2.24, 2.45) is 0 Å². The molecule has 0 rings (SSSR count). The Hall–Kier alpha value is -2.17. The first-order valence-corrected chi connectivity index (χ1v) is 24.2. The Morgan fingerprint density at radius 1 is 0.446 bits per heavy atom. The summed E-state index contributed by atoms with van der Waals surface area (Å²) in [5, 5.41) is 23.1. The van der Waals surface area contributed by atoms with E-state index in [1.54, 1.807) is 6.08 Å². The smallest absolute Gasteiger partial charge is 0.220 e. The maximum absolute atomic E-state index is 12.4. The van der Waals surface area contributed by atoms with Crippen LogP contribution in [0.3, 0.4) is 0 Å². The number of hydrogen-bond acceptors (Lipinski definition) is 3. The van der Waals surface area contributed by atoms with Crippen molar-refractivity contribution in [3.05, 3.63) is 72.9 Å². The number of aliphatic hydroxyl groups excluding tert-OH is 2. The molecule has 324 valence electrons. The molecule has 0 saturated carbocycles. The van der Waals surface area contributed by atoms with Gasteiger partial charge in [-0.3, -0.25) is 4.79 Å². The summed E-state index contributed by atoms with van der Waals surface area (Å²) in [5.41, 5.74) is 0. The molecule has 1 amide bonds. The van der Waals surface area contributed by atoms with E-state index < -0.39 is 12.1 Å². The van der Waals surface area contributed by atoms with Gasteiger partial charge in [0.25, 0.3) is 0 Å². The van der Waals surface area contributed by atoms with E-state index in [-0.39, 0.29) is 12.5 Å². The second kappa shape index (κ2) is 47.2. The van der Waals surface area contributed by atoms with Gasteiger partial charge in [0.15, 0.2) is 0 Å². The molecule has 0 saturated heterocycles. The highest BCUT2D eigenvalue weighted by Crippen LogP contribution is 2.15. The van der Waals surface area contributed by atoms with Crippen LogP contribution in [-0.2, 0) is 4.79 Å². The molecule has 0 bridgehead atoms. The second-order valence-electron chi connectivity index (χ2n) is 16.1. The van der Waals surface area contributed by atoms with Gasteiger partial charge in [-0.1, -0.05) is 234 Å². The van der Waals surface area contributed by atoms with Crippen LogP contribution >= 0.6 is 0 Å². The summed E-state index contributed by atoms with van der Waals surface area (Å²) in [7, 11) is 0. The standard InChI is InChI=1S/C52H93NO3/c1-3-5-7-9-11-13-15-17-19-20-21-22-23-24-25-26-27-28-29-30-31-32-34-36-38-40-42-44-46-48-52(56)53-50(49-54)51(55)47-45-43-41-39-37-35-33-18-16-14-12-10-8-6-4-2/h5,7,11,13,17,19,21-22,24-25,45,47,50-51,54-55H,3-4,6,8-10,12,14-16,18,20,23,26-44,46,48-49H2,1-2H3,(H,53,56)/b7-5-,13-11-,19-17-,22-21-,25-24-,47-45+. The van der Waals surface area contributed by atoms with E-state index in [4.69, 9.17) is 0 Å². The molecule has 2 unspecified atom stereocenters. The maximum Gasteiger partial charge on any atom is 0.220 e. The first kappa shape index (κ1) is 53.8. The zero-order valence-electron chi connectivity index (χ0n) is 37.1. The fraction of sp³-hybridized carbons (Fsp3) is 0.750. The minimum atomic E-state index is -0.842. The summed E-state index contributed by atoms with van der Waals surface area (Å²) in [6, 6.07) is -0.625. The fourth-order valence-electron chi connectivity index (χ4n) is 7.03. The Morgan fingerprint density at radius 3 is 1.18 bits per heavy atom. The van der Waals surface area contributed by atoms with Crippen LogP contribution in [0.4, 0.5) is 0 Å². The van der Waals surface area contributed by atoms with E-state index >= 15 is 0 Å². The third-order valence-electron chi connectivity index (χ3n) is 10.7. The Kier molecular flexibility index (Phi) is 45.4. The predicted molar refractivity (Wildman–Crippen MR) is 248 cm³/mol. The van der Waals surface area contributed by atoms with E-state index in [1.165, 1.54) is 154 Å². The second-order valence-corrected chi connectivity index (χ2v) is 16.1. The highest BCUT2D eigenvalue weighted by atomic mass is 16.3. The van der Waals surface area contributed by atoms with Crippen LogP contribution in [0.15, 0.2) is 72.9 Å². The zero-order valence-corrected chi connectivity index (χ0v) is 37.1. The minimum absolute atomic E-state index is 0.0674. The van der Waals surface area contributed by atoms with Gasteiger partial charge >= 0.3 is 0 Å². The number of allylic oxidation sites excluding steroid dienone is 11. The van der Waals surface area contributed by atoms with E-state index in [0.717, 1.165) is 57.8 Å². The van der Waals surface area contributed by atoms with Crippen molar-refractivity contribution in [1.29, 1.82) is 0 Å². The van der Waals surface area contributed by atoms with Crippen LogP contribution < -0.4 is 5.32 Å². The molecule has 0 aromatic heterocycles. The van der Waals surface area contributed by atoms with Crippen molar-refractivity contribution in [2.45, 2.75) is 244 Å². The molecular weight excluding hydrogens is 687 g/mol. The molecule has 0 aromatic rings. The van der Waals surface area contributed by atoms with Gasteiger partial charge in [0.1, 0.15) is 0 Å². The third-order valence-corrected chi connectivity index (χ3v) is 10.7. The van der Waals surface area contributed by atoms with Crippen LogP contribution in [0.5, 0.6) is 0 Å². The molecule has 4 nitrogen and oxygen atoms in total. The molecule has 0 aliphatic rings. The molecule has 3 N–H and O–H groups in total. The molecule has 0 aromatic carbocycles. The maximum atomic E-state index is 12.4. The van der Waals surface area contributed by atoms with E-state index in [9.17, 15) is 15.0 Å². The summed E-state index contributed by atoms with van der Waals surface area (Å²) in [4.78, 5) is 12.4. The van der Waals surface area contributed by atoms with Gasteiger partial charge in [-0.05, 0) is 64.2 Å². The van der Waals surface area contributed by atoms with Crippen molar-refractivity contribution >= 4 is 5.91 Å². The number of nitrogens with one attached hydrogen (secondary N) is 1. The van der Waals surface area contributed by atoms with Crippen molar-refractivity contribution in [3.63, 3.8) is 0 Å². The first-order valence-electron chi connectivity index (χ1n) is 24.2. The quantitative estimate of drug-likeness (QED) is 0.0426. The summed E-state index contributed by atoms with van der Waals surface area (Å²) in [6.45, 7) is 4.20. The average molecular weight is 780 g/mol. The summed E-state index contributed by atoms with van der Waals surface area (Å²) in [6.07, 6.45) is 67.4. The molecule has 56 heavy (non-hydrogen) atoms. The number of hydrogen-bond donors (Lipinski definition) is 3. The highest BCUT2D eigenvalue weighted by molar-refractivity contribution is 5.76. The number of unbranched alkanes of at least 4 members (excludes halogenated alkanes) is 26. The summed E-state index contributed by atoms with van der Waals surface area (Å²) < 4.78 is 0. The summed E-state index contributed by atoms with van der Waals surface area (Å²) in [5.74, 6) is -0.0674. The Labute approximate surface area is 349 Å². The lowest BCUT2D eigenvalue weighted by molar-refractivity contribution is -0.123. The van der Waals surface area contributed by atoms with Gasteiger partial charge < -0.3 is 15.5 Å². The number of aliphatic hydroxyl groups is 2. The minimum Gasteiger partial charge on any atom is -0.394 e. The molecule has 0 heterocycles. The number of carbonyl (C=O) groups is 1. The van der Waals surface area contributed by atoms with Gasteiger partial charge in [-0.25, -0.2) is 0 Å². The van der Waals surface area contributed by atoms with Crippen molar-refractivity contribution in [1.82, 2.24) is 5.32 Å². The highest BCUT2D eigenvalue weighted by Gasteiger charge is 2.17. The molecular formula is C52H93NO3. The molecule has 2 atom stereocenters. The molecule has 0 radical (unpaired) electrons. The topological polar surface area (TPSA) is 69.6 Å². The molecule has 0 aliphatic heterocycles. The Morgan fingerprint density at radius 2 is 0.786 bits per heavy atom. The lowest BCUT2D eigenvalue weighted by Crippen LogP contribution is -2.45. The SMILES string of the molecule is CC/C=C\C/C=C\C/C=C\C/C=C\C/C=C\CCCCCCCCCCCCCCCC(=O)NC(CO)C(O)/C=C/CCCCCCCCCCCCCCC. The van der Waals surface area contributed by atoms with Crippen molar-refractivity contribution in [2.75, 3.05) is 6.61 Å². The zero-order chi connectivity index (χ0) is 40.7. The Balaban J connectivity index is 3.54. The Bertz CT molecular complexity index is 977. The van der Waals surface area contributed by atoms with Crippen LogP contribution in [-0.4, -0.2) is 34.9 Å². The van der Waals surface area contributed by atoms with Crippen LogP contribution in [0.2, 0.25) is 0 Å². The van der Waals surface area contributed by atoms with Gasteiger partial charge in [-0.2, -0.15) is 0 Å². The van der Waals surface area contributed by atoms with E-state index in [0.29, 0.717) is 6.42 Å². The lowest BCUT2D eigenvalue weighted by atomic mass is 10.0. The molecule has 0 aliphatic carbocycles.